The standard InChI is InChI=1S/C36H40ClN7OS/c37-33-13-10-30(22-29(33)9-6-26-2-4-27(5-3-26)23-40-24-28-7-11-31(38)12-8-28)35-32-25-43(36(39)45)17-14-34(32)44(41-35)16-1-15-42-18-20-46-21-19-42/h2-5,7-8,10-13,22,40H,1,14-21,23-25,38H2,(H2,39,45). The van der Waals surface area contributed by atoms with E-state index < -0.39 is 6.03 Å². The Balaban J connectivity index is 1.16. The van der Waals surface area contributed by atoms with Crippen molar-refractivity contribution in [3.63, 3.8) is 0 Å². The number of primary amides is 1. The van der Waals surface area contributed by atoms with Crippen molar-refractivity contribution in [1.29, 1.82) is 0 Å². The smallest absolute Gasteiger partial charge is 0.315 e. The molecule has 0 bridgehead atoms. The fourth-order valence-corrected chi connectivity index (χ4v) is 7.11. The zero-order valence-electron chi connectivity index (χ0n) is 26.0. The minimum absolute atomic E-state index is 0.404. The second-order valence-electron chi connectivity index (χ2n) is 11.8. The van der Waals surface area contributed by atoms with Gasteiger partial charge in [0.25, 0.3) is 0 Å². The number of carbonyl (C=O) groups excluding carboxylic acids is 1. The Labute approximate surface area is 280 Å². The summed E-state index contributed by atoms with van der Waals surface area (Å²) >= 11 is 8.66. The number of fused-ring (bicyclic) bond motifs is 1. The van der Waals surface area contributed by atoms with Crippen molar-refractivity contribution in [3.8, 4) is 23.1 Å². The predicted molar refractivity (Wildman–Crippen MR) is 189 cm³/mol. The van der Waals surface area contributed by atoms with Gasteiger partial charge in [-0.1, -0.05) is 53.8 Å². The maximum Gasteiger partial charge on any atom is 0.315 e. The van der Waals surface area contributed by atoms with Crippen molar-refractivity contribution in [2.75, 3.05) is 43.4 Å². The first-order valence-electron chi connectivity index (χ1n) is 15.8. The van der Waals surface area contributed by atoms with Crippen LogP contribution in [0.4, 0.5) is 10.5 Å². The first-order chi connectivity index (χ1) is 22.4. The van der Waals surface area contributed by atoms with Crippen molar-refractivity contribution in [3.05, 3.63) is 105 Å². The molecule has 0 radical (unpaired) electrons. The second-order valence-corrected chi connectivity index (χ2v) is 13.4. The van der Waals surface area contributed by atoms with Gasteiger partial charge < -0.3 is 26.6 Å². The van der Waals surface area contributed by atoms with Crippen LogP contribution in [0.3, 0.4) is 0 Å². The number of hydrogen-bond acceptors (Lipinski definition) is 6. The Morgan fingerprint density at radius 1 is 0.935 bits per heavy atom. The molecule has 10 heteroatoms. The number of rotatable bonds is 9. The maximum atomic E-state index is 12.1. The third-order valence-corrected chi connectivity index (χ3v) is 9.84. The minimum atomic E-state index is -0.404. The Morgan fingerprint density at radius 2 is 1.65 bits per heavy atom. The minimum Gasteiger partial charge on any atom is -0.399 e. The average molecular weight is 654 g/mol. The van der Waals surface area contributed by atoms with Gasteiger partial charge in [0.1, 0.15) is 0 Å². The molecule has 1 aromatic heterocycles. The van der Waals surface area contributed by atoms with Crippen molar-refractivity contribution >= 4 is 35.1 Å². The summed E-state index contributed by atoms with van der Waals surface area (Å²) in [6.07, 6.45) is 1.77. The molecule has 0 spiro atoms. The molecule has 238 valence electrons. The van der Waals surface area contributed by atoms with Crippen LogP contribution in [0.1, 0.15) is 39.9 Å². The van der Waals surface area contributed by atoms with Gasteiger partial charge in [-0.15, -0.1) is 0 Å². The Morgan fingerprint density at radius 3 is 2.37 bits per heavy atom. The van der Waals surface area contributed by atoms with E-state index in [2.05, 4.69) is 38.9 Å². The van der Waals surface area contributed by atoms with E-state index in [1.54, 1.807) is 4.90 Å². The van der Waals surface area contributed by atoms with E-state index >= 15 is 0 Å². The molecule has 1 saturated heterocycles. The number of nitrogens with one attached hydrogen (secondary N) is 1. The maximum absolute atomic E-state index is 12.1. The summed E-state index contributed by atoms with van der Waals surface area (Å²) in [5.74, 6) is 8.97. The van der Waals surface area contributed by atoms with Crippen LogP contribution < -0.4 is 16.8 Å². The van der Waals surface area contributed by atoms with Crippen LogP contribution in [-0.4, -0.2) is 63.3 Å². The molecule has 8 nitrogen and oxygen atoms in total. The van der Waals surface area contributed by atoms with E-state index in [-0.39, 0.29) is 0 Å². The highest BCUT2D eigenvalue weighted by molar-refractivity contribution is 7.99. The monoisotopic (exact) mass is 653 g/mol. The van der Waals surface area contributed by atoms with Gasteiger partial charge in [0.15, 0.2) is 0 Å². The third-order valence-electron chi connectivity index (χ3n) is 8.57. The van der Waals surface area contributed by atoms with Crippen LogP contribution in [0.15, 0.2) is 66.7 Å². The number of hydrogen-bond donors (Lipinski definition) is 3. The summed E-state index contributed by atoms with van der Waals surface area (Å²) in [4.78, 5) is 16.3. The number of anilines is 1. The molecule has 0 saturated carbocycles. The number of benzene rings is 3. The number of urea groups is 1. The number of carbonyl (C=O) groups is 1. The molecule has 0 aliphatic carbocycles. The zero-order chi connectivity index (χ0) is 31.9. The molecule has 0 atom stereocenters. The van der Waals surface area contributed by atoms with Crippen LogP contribution in [0.2, 0.25) is 5.02 Å². The lowest BCUT2D eigenvalue weighted by Gasteiger charge is -2.27. The molecular formula is C36H40ClN7OS. The highest BCUT2D eigenvalue weighted by atomic mass is 35.5. The summed E-state index contributed by atoms with van der Waals surface area (Å²) in [5.41, 5.74) is 20.3. The predicted octanol–water partition coefficient (Wildman–Crippen LogP) is 5.35. The topological polar surface area (TPSA) is 105 Å². The summed E-state index contributed by atoms with van der Waals surface area (Å²) in [7, 11) is 0. The fraction of sp³-hybridized carbons (Fsp3) is 0.333. The molecule has 46 heavy (non-hydrogen) atoms. The number of nitrogen functional groups attached to an aromatic ring is 1. The van der Waals surface area contributed by atoms with Crippen molar-refractivity contribution in [2.45, 2.75) is 39.0 Å². The van der Waals surface area contributed by atoms with Crippen molar-refractivity contribution in [1.82, 2.24) is 24.9 Å². The normalized spacial score (nSPS) is 14.8. The zero-order valence-corrected chi connectivity index (χ0v) is 27.5. The molecule has 2 aliphatic rings. The Bertz CT molecular complexity index is 1720. The molecule has 0 unspecified atom stereocenters. The molecule has 4 aromatic rings. The first kappa shape index (κ1) is 32.0. The lowest BCUT2D eigenvalue weighted by Crippen LogP contribution is -2.39. The molecule has 1 fully saturated rings. The summed E-state index contributed by atoms with van der Waals surface area (Å²) < 4.78 is 2.15. The van der Waals surface area contributed by atoms with Gasteiger partial charge in [-0.3, -0.25) is 4.68 Å². The molecule has 2 amide bonds. The van der Waals surface area contributed by atoms with E-state index in [4.69, 9.17) is 28.2 Å². The molecule has 3 aromatic carbocycles. The van der Waals surface area contributed by atoms with Crippen molar-refractivity contribution in [2.24, 2.45) is 5.73 Å². The summed E-state index contributed by atoms with van der Waals surface area (Å²) in [6.45, 7) is 6.81. The summed E-state index contributed by atoms with van der Waals surface area (Å²) in [6, 6.07) is 21.6. The van der Waals surface area contributed by atoms with Crippen LogP contribution >= 0.6 is 23.4 Å². The SMILES string of the molecule is NC(=O)N1CCc2c(c(-c3ccc(Cl)c(C#Cc4ccc(CNCc5ccc(N)cc5)cc4)c3)nn2CCCN2CCSCC2)C1. The average Bonchev–Trinajstić information content (AvgIpc) is 3.44. The number of nitrogens with two attached hydrogens (primary N) is 2. The van der Waals surface area contributed by atoms with Gasteiger partial charge in [-0.2, -0.15) is 16.9 Å². The van der Waals surface area contributed by atoms with Gasteiger partial charge in [-0.05, 0) is 60.5 Å². The van der Waals surface area contributed by atoms with Crippen molar-refractivity contribution < 1.29 is 4.79 Å². The number of thioether (sulfide) groups is 1. The van der Waals surface area contributed by atoms with E-state index in [1.165, 1.54) is 28.3 Å². The lowest BCUT2D eigenvalue weighted by molar-refractivity contribution is 0.201. The Hall–Kier alpha value is -3.94. The number of halogens is 1. The molecule has 6 rings (SSSR count). The fourth-order valence-electron chi connectivity index (χ4n) is 5.97. The van der Waals surface area contributed by atoms with Gasteiger partial charge in [0.2, 0.25) is 0 Å². The second kappa shape index (κ2) is 15.1. The van der Waals surface area contributed by atoms with Crippen LogP contribution in [-0.2, 0) is 32.6 Å². The quantitative estimate of drug-likeness (QED) is 0.166. The van der Waals surface area contributed by atoms with E-state index in [0.29, 0.717) is 18.1 Å². The molecular weight excluding hydrogens is 614 g/mol. The van der Waals surface area contributed by atoms with Gasteiger partial charge in [0.05, 0.1) is 17.3 Å². The number of aryl methyl sites for hydroxylation is 1. The van der Waals surface area contributed by atoms with E-state index in [0.717, 1.165) is 85.7 Å². The van der Waals surface area contributed by atoms with Crippen LogP contribution in [0.5, 0.6) is 0 Å². The van der Waals surface area contributed by atoms with Crippen LogP contribution in [0.25, 0.3) is 11.3 Å². The Kier molecular flexibility index (Phi) is 10.5. The largest absolute Gasteiger partial charge is 0.399 e. The van der Waals surface area contributed by atoms with Gasteiger partial charge >= 0.3 is 6.03 Å². The van der Waals surface area contributed by atoms with Crippen LogP contribution in [0, 0.1) is 11.8 Å². The lowest BCUT2D eigenvalue weighted by atomic mass is 9.99. The highest BCUT2D eigenvalue weighted by Crippen LogP contribution is 2.32. The highest BCUT2D eigenvalue weighted by Gasteiger charge is 2.27. The molecule has 3 heterocycles. The third kappa shape index (κ3) is 8.06. The summed E-state index contributed by atoms with van der Waals surface area (Å²) in [5, 5.41) is 9.16. The first-order valence-corrected chi connectivity index (χ1v) is 17.4. The number of aromatic nitrogens is 2. The molecule has 2 aliphatic heterocycles. The number of amides is 2. The number of nitrogens with zero attached hydrogens (tertiary/aromatic N) is 4. The van der Waals surface area contributed by atoms with Gasteiger partial charge in [-0.25, -0.2) is 4.79 Å². The van der Waals surface area contributed by atoms with E-state index in [9.17, 15) is 4.79 Å². The van der Waals surface area contributed by atoms with Gasteiger partial charge in [0, 0.05) is 90.8 Å². The molecule has 5 N–H and O–H groups in total. The van der Waals surface area contributed by atoms with E-state index in [1.807, 2.05) is 66.4 Å².